The van der Waals surface area contributed by atoms with E-state index in [0.29, 0.717) is 23.9 Å². The van der Waals surface area contributed by atoms with Crippen LogP contribution in [-0.4, -0.2) is 92.9 Å². The summed E-state index contributed by atoms with van der Waals surface area (Å²) in [5.41, 5.74) is 5.36. The highest BCUT2D eigenvalue weighted by Crippen LogP contribution is 2.33. The van der Waals surface area contributed by atoms with Crippen LogP contribution >= 0.6 is 0 Å². The fourth-order valence-electron chi connectivity index (χ4n) is 6.55. The molecule has 1 saturated heterocycles. The van der Waals surface area contributed by atoms with Crippen LogP contribution in [0.25, 0.3) is 33.6 Å². The standard InChI is InChI=1S/C39H50N8O7/c1-21(2)31(45-38(51)53-6)36(49)44-33(23(5)48)35-41-20-29(43-35)27-16-12-25(13-17-27)24-10-14-26(15-11-24)28-19-40-34(42-28)30-9-8-18-47(30)37(50)32(22(3)4)46-39(52)54-7/h10-17,19-23,30-33,48H,8-9,18H2,1-7H3,(H,40,42)(H,41,43)(H,44,49)(H,45,51)(H,46,52)/t23-,30+,31+,32+,33+/m1/s1. The minimum Gasteiger partial charge on any atom is -0.453 e. The Morgan fingerprint density at radius 2 is 1.24 bits per heavy atom. The second kappa shape index (κ2) is 17.4. The first kappa shape index (κ1) is 39.5. The third-order valence-corrected chi connectivity index (χ3v) is 9.64. The molecule has 1 aliphatic heterocycles. The number of ether oxygens (including phenoxy) is 2. The number of benzene rings is 2. The number of rotatable bonds is 13. The topological polar surface area (TPSA) is 204 Å². The molecule has 288 valence electrons. The monoisotopic (exact) mass is 742 g/mol. The fraction of sp³-hybridized carbons (Fsp3) is 0.436. The van der Waals surface area contributed by atoms with Crippen molar-refractivity contribution in [1.29, 1.82) is 0 Å². The van der Waals surface area contributed by atoms with Crippen molar-refractivity contribution < 1.29 is 33.8 Å². The van der Waals surface area contributed by atoms with E-state index in [-0.39, 0.29) is 23.8 Å². The van der Waals surface area contributed by atoms with Gasteiger partial charge >= 0.3 is 12.2 Å². The molecule has 0 spiro atoms. The van der Waals surface area contributed by atoms with E-state index in [0.717, 1.165) is 40.8 Å². The van der Waals surface area contributed by atoms with Crippen molar-refractivity contribution >= 4 is 24.0 Å². The van der Waals surface area contributed by atoms with E-state index >= 15 is 0 Å². The van der Waals surface area contributed by atoms with E-state index in [1.54, 1.807) is 38.1 Å². The number of amides is 4. The summed E-state index contributed by atoms with van der Waals surface area (Å²) in [5.74, 6) is 0.108. The molecule has 2 aromatic carbocycles. The predicted molar refractivity (Wildman–Crippen MR) is 202 cm³/mol. The number of alkyl carbamates (subject to hydrolysis) is 2. The van der Waals surface area contributed by atoms with Gasteiger partial charge in [-0.2, -0.15) is 0 Å². The molecule has 4 aromatic rings. The number of H-pyrrole nitrogens is 2. The van der Waals surface area contributed by atoms with Crippen molar-refractivity contribution in [3.8, 4) is 33.6 Å². The number of methoxy groups -OCH3 is 2. The number of aromatic amines is 2. The second-order valence-corrected chi connectivity index (χ2v) is 14.2. The highest BCUT2D eigenvalue weighted by atomic mass is 16.5. The van der Waals surface area contributed by atoms with Crippen molar-refractivity contribution in [3.63, 3.8) is 0 Å². The molecule has 0 bridgehead atoms. The molecule has 1 fully saturated rings. The first-order chi connectivity index (χ1) is 25.8. The maximum Gasteiger partial charge on any atom is 0.407 e. The fourth-order valence-corrected chi connectivity index (χ4v) is 6.55. The van der Waals surface area contributed by atoms with Crippen LogP contribution in [0.15, 0.2) is 60.9 Å². The Morgan fingerprint density at radius 1 is 0.741 bits per heavy atom. The smallest absolute Gasteiger partial charge is 0.407 e. The quantitative estimate of drug-likeness (QED) is 0.108. The molecule has 0 unspecified atom stereocenters. The number of aromatic nitrogens is 4. The summed E-state index contributed by atoms with van der Waals surface area (Å²) in [7, 11) is 2.51. The van der Waals surface area contributed by atoms with Gasteiger partial charge in [-0.05, 0) is 53.9 Å². The summed E-state index contributed by atoms with van der Waals surface area (Å²) in [5, 5.41) is 18.5. The highest BCUT2D eigenvalue weighted by Gasteiger charge is 2.37. The van der Waals surface area contributed by atoms with Crippen LogP contribution in [0.5, 0.6) is 0 Å². The highest BCUT2D eigenvalue weighted by molar-refractivity contribution is 5.87. The minimum atomic E-state index is -0.974. The SMILES string of the molecule is COC(=O)N[C@H](C(=O)N[C@H](c1ncc(-c2ccc(-c3ccc(-c4cnc([C@@H]5CCCN5C(=O)[C@@H](NC(=O)OC)C(C)C)[nH]4)cc3)cc2)[nH]1)[C@@H](C)O)C(C)C. The molecule has 0 saturated carbocycles. The number of likely N-dealkylation sites (tertiary alicyclic amines) is 1. The van der Waals surface area contributed by atoms with Crippen molar-refractivity contribution in [1.82, 2.24) is 40.8 Å². The van der Waals surface area contributed by atoms with Gasteiger partial charge in [-0.1, -0.05) is 76.2 Å². The second-order valence-electron chi connectivity index (χ2n) is 14.2. The van der Waals surface area contributed by atoms with Crippen LogP contribution in [0.4, 0.5) is 9.59 Å². The summed E-state index contributed by atoms with van der Waals surface area (Å²) in [6, 6.07) is 13.4. The van der Waals surface area contributed by atoms with Crippen molar-refractivity contribution in [2.45, 2.75) is 77.7 Å². The van der Waals surface area contributed by atoms with E-state index in [1.807, 2.05) is 62.4 Å². The lowest BCUT2D eigenvalue weighted by Gasteiger charge is -2.30. The largest absolute Gasteiger partial charge is 0.453 e. The summed E-state index contributed by atoms with van der Waals surface area (Å²) < 4.78 is 9.40. The van der Waals surface area contributed by atoms with Crippen molar-refractivity contribution in [2.24, 2.45) is 11.8 Å². The summed E-state index contributed by atoms with van der Waals surface area (Å²) in [6.45, 7) is 9.51. The molecule has 54 heavy (non-hydrogen) atoms. The summed E-state index contributed by atoms with van der Waals surface area (Å²) in [4.78, 5) is 67.8. The van der Waals surface area contributed by atoms with Gasteiger partial charge in [0.1, 0.15) is 29.8 Å². The van der Waals surface area contributed by atoms with Gasteiger partial charge in [0.05, 0.1) is 50.1 Å². The van der Waals surface area contributed by atoms with Gasteiger partial charge in [-0.25, -0.2) is 19.6 Å². The van der Waals surface area contributed by atoms with Gasteiger partial charge in [0.15, 0.2) is 0 Å². The Bertz CT molecular complexity index is 1820. The Kier molecular flexibility index (Phi) is 12.7. The zero-order valence-electron chi connectivity index (χ0n) is 31.7. The molecule has 2 aromatic heterocycles. The Hall–Kier alpha value is -5.70. The third kappa shape index (κ3) is 9.08. The molecule has 1 aliphatic rings. The molecule has 15 nitrogen and oxygen atoms in total. The predicted octanol–water partition coefficient (Wildman–Crippen LogP) is 5.10. The molecular formula is C39H50N8O7. The van der Waals surface area contributed by atoms with Gasteiger partial charge in [-0.15, -0.1) is 0 Å². The normalized spacial score (nSPS) is 16.4. The van der Waals surface area contributed by atoms with E-state index in [9.17, 15) is 24.3 Å². The van der Waals surface area contributed by atoms with Crippen molar-refractivity contribution in [2.75, 3.05) is 20.8 Å². The molecule has 5 atom stereocenters. The molecule has 15 heteroatoms. The maximum atomic E-state index is 13.5. The van der Waals surface area contributed by atoms with E-state index in [2.05, 4.69) is 40.6 Å². The lowest BCUT2D eigenvalue weighted by atomic mass is 10.0. The van der Waals surface area contributed by atoms with Crippen LogP contribution in [0.3, 0.4) is 0 Å². The maximum absolute atomic E-state index is 13.5. The van der Waals surface area contributed by atoms with Gasteiger partial charge in [0.25, 0.3) is 0 Å². The van der Waals surface area contributed by atoms with E-state index in [1.165, 1.54) is 14.2 Å². The van der Waals surface area contributed by atoms with Gasteiger partial charge in [0.2, 0.25) is 11.8 Å². The van der Waals surface area contributed by atoms with Crippen LogP contribution in [0.1, 0.15) is 71.2 Å². The number of imidazole rings is 2. The first-order valence-electron chi connectivity index (χ1n) is 18.1. The lowest BCUT2D eigenvalue weighted by molar-refractivity contribution is -0.135. The zero-order valence-corrected chi connectivity index (χ0v) is 31.7. The number of aliphatic hydroxyl groups excluding tert-OH is 1. The van der Waals surface area contributed by atoms with Crippen LogP contribution in [-0.2, 0) is 19.1 Å². The molecular weight excluding hydrogens is 692 g/mol. The number of carbonyl (C=O) groups excluding carboxylic acids is 4. The van der Waals surface area contributed by atoms with Gasteiger partial charge in [-0.3, -0.25) is 9.59 Å². The average Bonchev–Trinajstić information content (AvgIpc) is 3.96. The number of carbonyl (C=O) groups is 4. The molecule has 3 heterocycles. The van der Waals surface area contributed by atoms with Crippen LogP contribution in [0, 0.1) is 11.8 Å². The van der Waals surface area contributed by atoms with Gasteiger partial charge in [0, 0.05) is 6.54 Å². The minimum absolute atomic E-state index is 0.115. The number of aliphatic hydroxyl groups is 1. The third-order valence-electron chi connectivity index (χ3n) is 9.64. The Balaban J connectivity index is 1.25. The van der Waals surface area contributed by atoms with Crippen molar-refractivity contribution in [3.05, 3.63) is 72.6 Å². The number of hydrogen-bond donors (Lipinski definition) is 6. The zero-order chi connectivity index (χ0) is 39.1. The molecule has 4 amide bonds. The van der Waals surface area contributed by atoms with Gasteiger partial charge < -0.3 is 45.4 Å². The molecule has 5 rings (SSSR count). The molecule has 0 aliphatic carbocycles. The van der Waals surface area contributed by atoms with Crippen LogP contribution < -0.4 is 16.0 Å². The summed E-state index contributed by atoms with van der Waals surface area (Å²) >= 11 is 0. The summed E-state index contributed by atoms with van der Waals surface area (Å²) in [6.07, 6.45) is 2.70. The Morgan fingerprint density at radius 3 is 1.76 bits per heavy atom. The number of hydrogen-bond acceptors (Lipinski definition) is 9. The van der Waals surface area contributed by atoms with Crippen LogP contribution in [0.2, 0.25) is 0 Å². The number of nitrogens with one attached hydrogen (secondary N) is 5. The molecule has 6 N–H and O–H groups in total. The lowest BCUT2D eigenvalue weighted by Crippen LogP contribution is -2.51. The first-order valence-corrected chi connectivity index (χ1v) is 18.1. The Labute approximate surface area is 314 Å². The number of nitrogens with zero attached hydrogens (tertiary/aromatic N) is 3. The average molecular weight is 743 g/mol. The molecule has 0 radical (unpaired) electrons. The van der Waals surface area contributed by atoms with E-state index < -0.39 is 42.3 Å². The van der Waals surface area contributed by atoms with E-state index in [4.69, 9.17) is 4.74 Å².